The number of nitrogens with one attached hydrogen (secondary N) is 1. The lowest BCUT2D eigenvalue weighted by molar-refractivity contribution is -0.142. The highest BCUT2D eigenvalue weighted by Crippen LogP contribution is 2.27. The molecule has 1 aromatic carbocycles. The Labute approximate surface area is 114 Å². The Bertz CT molecular complexity index is 446. The minimum absolute atomic E-state index is 0.191. The molecule has 2 N–H and O–H groups in total. The molecule has 1 saturated carbocycles. The van der Waals surface area contributed by atoms with Crippen molar-refractivity contribution in [2.75, 3.05) is 24.3 Å². The van der Waals surface area contributed by atoms with Crippen LogP contribution in [0, 0.1) is 5.92 Å². The Hall–Kier alpha value is -1.71. The Kier molecular flexibility index (Phi) is 4.30. The van der Waals surface area contributed by atoms with Crippen LogP contribution in [0.4, 0.5) is 11.4 Å². The maximum Gasteiger partial charge on any atom is 0.306 e. The lowest BCUT2D eigenvalue weighted by Crippen LogP contribution is -2.30. The van der Waals surface area contributed by atoms with Crippen LogP contribution in [0.3, 0.4) is 0 Å². The molecule has 0 saturated heterocycles. The van der Waals surface area contributed by atoms with Gasteiger partial charge in [0.15, 0.2) is 0 Å². The number of nitrogens with zero attached hydrogens (tertiary/aromatic N) is 1. The van der Waals surface area contributed by atoms with Gasteiger partial charge < -0.3 is 15.3 Å². The van der Waals surface area contributed by atoms with E-state index >= 15 is 0 Å². The maximum atomic E-state index is 11.1. The van der Waals surface area contributed by atoms with Crippen LogP contribution in [0.1, 0.15) is 25.7 Å². The monoisotopic (exact) mass is 262 g/mol. The Morgan fingerprint density at radius 3 is 2.84 bits per heavy atom. The molecular formula is C15H22N2O2. The number of carbonyl (C=O) groups is 1. The third-order valence-electron chi connectivity index (χ3n) is 3.76. The number of aliphatic carboxylic acids is 1. The first-order valence-electron chi connectivity index (χ1n) is 6.83. The van der Waals surface area contributed by atoms with E-state index in [4.69, 9.17) is 5.11 Å². The average molecular weight is 262 g/mol. The van der Waals surface area contributed by atoms with Gasteiger partial charge in [-0.1, -0.05) is 12.5 Å². The van der Waals surface area contributed by atoms with Crippen molar-refractivity contribution in [2.45, 2.75) is 31.7 Å². The van der Waals surface area contributed by atoms with Crippen molar-refractivity contribution < 1.29 is 9.90 Å². The summed E-state index contributed by atoms with van der Waals surface area (Å²) >= 11 is 0. The Balaban J connectivity index is 2.00. The van der Waals surface area contributed by atoms with Gasteiger partial charge in [-0.05, 0) is 37.5 Å². The second-order valence-corrected chi connectivity index (χ2v) is 5.49. The van der Waals surface area contributed by atoms with E-state index in [1.807, 2.05) is 26.2 Å². The first-order chi connectivity index (χ1) is 9.06. The minimum atomic E-state index is -0.659. The van der Waals surface area contributed by atoms with Crippen molar-refractivity contribution in [3.8, 4) is 0 Å². The van der Waals surface area contributed by atoms with Crippen LogP contribution in [0.15, 0.2) is 24.3 Å². The summed E-state index contributed by atoms with van der Waals surface area (Å²) in [6.45, 7) is 0. The summed E-state index contributed by atoms with van der Waals surface area (Å²) in [7, 11) is 4.03. The molecule has 1 aliphatic carbocycles. The van der Waals surface area contributed by atoms with Crippen LogP contribution in [-0.2, 0) is 4.79 Å². The summed E-state index contributed by atoms with van der Waals surface area (Å²) in [6, 6.07) is 8.50. The minimum Gasteiger partial charge on any atom is -0.481 e. The molecule has 0 aromatic heterocycles. The fraction of sp³-hybridized carbons (Fsp3) is 0.533. The van der Waals surface area contributed by atoms with Gasteiger partial charge >= 0.3 is 5.97 Å². The molecule has 2 rings (SSSR count). The summed E-state index contributed by atoms with van der Waals surface area (Å²) < 4.78 is 0. The van der Waals surface area contributed by atoms with Crippen LogP contribution in [0.2, 0.25) is 0 Å². The smallest absolute Gasteiger partial charge is 0.306 e. The Morgan fingerprint density at radius 2 is 2.16 bits per heavy atom. The van der Waals surface area contributed by atoms with Gasteiger partial charge in [0, 0.05) is 31.5 Å². The molecule has 4 heteroatoms. The molecule has 0 radical (unpaired) electrons. The van der Waals surface area contributed by atoms with Crippen LogP contribution in [-0.4, -0.2) is 31.2 Å². The third kappa shape index (κ3) is 3.63. The molecule has 1 aliphatic rings. The molecular weight excluding hydrogens is 240 g/mol. The zero-order chi connectivity index (χ0) is 13.8. The quantitative estimate of drug-likeness (QED) is 0.876. The molecule has 2 unspecified atom stereocenters. The normalized spacial score (nSPS) is 22.8. The fourth-order valence-corrected chi connectivity index (χ4v) is 2.65. The summed E-state index contributed by atoms with van der Waals surface area (Å²) in [6.07, 6.45) is 3.57. The number of carboxylic acid groups (broad SMARTS) is 1. The number of anilines is 2. The van der Waals surface area contributed by atoms with Crippen molar-refractivity contribution >= 4 is 17.3 Å². The number of carboxylic acids is 1. The fourth-order valence-electron chi connectivity index (χ4n) is 2.65. The highest BCUT2D eigenvalue weighted by atomic mass is 16.4. The van der Waals surface area contributed by atoms with Crippen molar-refractivity contribution in [1.82, 2.24) is 0 Å². The summed E-state index contributed by atoms with van der Waals surface area (Å²) in [5.74, 6) is -0.850. The van der Waals surface area contributed by atoms with Gasteiger partial charge in [0.05, 0.1) is 5.92 Å². The molecule has 4 nitrogen and oxygen atoms in total. The van der Waals surface area contributed by atoms with Gasteiger partial charge in [-0.25, -0.2) is 0 Å². The molecule has 104 valence electrons. The van der Waals surface area contributed by atoms with E-state index in [1.165, 1.54) is 0 Å². The van der Waals surface area contributed by atoms with Gasteiger partial charge in [-0.2, -0.15) is 0 Å². The van der Waals surface area contributed by atoms with Crippen molar-refractivity contribution in [3.63, 3.8) is 0 Å². The molecule has 0 aliphatic heterocycles. The summed E-state index contributed by atoms with van der Waals surface area (Å²) in [4.78, 5) is 13.1. The van der Waals surface area contributed by atoms with E-state index in [9.17, 15) is 4.79 Å². The van der Waals surface area contributed by atoms with Crippen LogP contribution >= 0.6 is 0 Å². The van der Waals surface area contributed by atoms with Gasteiger partial charge in [-0.15, -0.1) is 0 Å². The van der Waals surface area contributed by atoms with Crippen molar-refractivity contribution in [2.24, 2.45) is 5.92 Å². The van der Waals surface area contributed by atoms with Gasteiger partial charge in [0.2, 0.25) is 0 Å². The zero-order valence-corrected chi connectivity index (χ0v) is 11.6. The number of hydrogen-bond donors (Lipinski definition) is 2. The zero-order valence-electron chi connectivity index (χ0n) is 11.6. The molecule has 2 atom stereocenters. The Morgan fingerprint density at radius 1 is 1.37 bits per heavy atom. The highest BCUT2D eigenvalue weighted by Gasteiger charge is 2.26. The van der Waals surface area contributed by atoms with Gasteiger partial charge in [-0.3, -0.25) is 4.79 Å². The van der Waals surface area contributed by atoms with Gasteiger partial charge in [0.25, 0.3) is 0 Å². The third-order valence-corrected chi connectivity index (χ3v) is 3.76. The van der Waals surface area contributed by atoms with Crippen LogP contribution in [0.25, 0.3) is 0 Å². The molecule has 0 spiro atoms. The lowest BCUT2D eigenvalue weighted by Gasteiger charge is -2.28. The van der Waals surface area contributed by atoms with Crippen molar-refractivity contribution in [3.05, 3.63) is 24.3 Å². The largest absolute Gasteiger partial charge is 0.481 e. The van der Waals surface area contributed by atoms with E-state index in [2.05, 4.69) is 22.3 Å². The van der Waals surface area contributed by atoms with Crippen molar-refractivity contribution in [1.29, 1.82) is 0 Å². The van der Waals surface area contributed by atoms with E-state index in [1.54, 1.807) is 0 Å². The predicted molar refractivity (Wildman–Crippen MR) is 77.8 cm³/mol. The first kappa shape index (κ1) is 13.7. The summed E-state index contributed by atoms with van der Waals surface area (Å²) in [5.41, 5.74) is 2.22. The van der Waals surface area contributed by atoms with Crippen LogP contribution in [0.5, 0.6) is 0 Å². The van der Waals surface area contributed by atoms with E-state index in [0.717, 1.165) is 37.1 Å². The predicted octanol–water partition coefficient (Wildman–Crippen LogP) is 2.81. The average Bonchev–Trinajstić information content (AvgIpc) is 2.39. The van der Waals surface area contributed by atoms with E-state index in [-0.39, 0.29) is 12.0 Å². The molecule has 0 amide bonds. The molecule has 0 bridgehead atoms. The standard InChI is InChI=1S/C15H22N2O2/c1-17(2)14-8-4-7-13(10-14)16-12-6-3-5-11(9-12)15(18)19/h4,7-8,10-12,16H,3,5-6,9H2,1-2H3,(H,18,19). The van der Waals surface area contributed by atoms with Gasteiger partial charge in [0.1, 0.15) is 0 Å². The second-order valence-electron chi connectivity index (χ2n) is 5.49. The number of rotatable bonds is 4. The lowest BCUT2D eigenvalue weighted by atomic mass is 9.85. The van der Waals surface area contributed by atoms with E-state index in [0.29, 0.717) is 0 Å². The molecule has 19 heavy (non-hydrogen) atoms. The highest BCUT2D eigenvalue weighted by molar-refractivity contribution is 5.70. The molecule has 1 fully saturated rings. The topological polar surface area (TPSA) is 52.6 Å². The second kappa shape index (κ2) is 5.95. The van der Waals surface area contributed by atoms with E-state index < -0.39 is 5.97 Å². The first-order valence-corrected chi connectivity index (χ1v) is 6.83. The van der Waals surface area contributed by atoms with Crippen LogP contribution < -0.4 is 10.2 Å². The number of benzene rings is 1. The molecule has 0 heterocycles. The summed E-state index contributed by atoms with van der Waals surface area (Å²) in [5, 5.41) is 12.6. The maximum absolute atomic E-state index is 11.1. The SMILES string of the molecule is CN(C)c1cccc(NC2CCCC(C(=O)O)C2)c1. The molecule has 1 aromatic rings. The number of hydrogen-bond acceptors (Lipinski definition) is 3.